The van der Waals surface area contributed by atoms with Gasteiger partial charge in [-0.3, -0.25) is 0 Å². The fourth-order valence-corrected chi connectivity index (χ4v) is 2.74. The normalized spacial score (nSPS) is 15.7. The minimum absolute atomic E-state index is 0.0374. The number of aromatic nitrogens is 2. The number of benzene rings is 1. The van der Waals surface area contributed by atoms with E-state index in [1.165, 1.54) is 6.42 Å². The summed E-state index contributed by atoms with van der Waals surface area (Å²) in [5.74, 6) is 0.621. The molecule has 1 saturated heterocycles. The van der Waals surface area contributed by atoms with E-state index in [2.05, 4.69) is 26.7 Å². The van der Waals surface area contributed by atoms with Gasteiger partial charge in [0, 0.05) is 25.8 Å². The van der Waals surface area contributed by atoms with Crippen LogP contribution in [0.3, 0.4) is 0 Å². The van der Waals surface area contributed by atoms with Gasteiger partial charge < -0.3 is 25.8 Å². The predicted molar refractivity (Wildman–Crippen MR) is 107 cm³/mol. The second kappa shape index (κ2) is 8.35. The summed E-state index contributed by atoms with van der Waals surface area (Å²) in [4.78, 5) is 16.4. The molecule has 9 nitrogen and oxygen atoms in total. The SMILES string of the molecule is C=C(/N=C(N)\N=C(/N)c1noc(N2CCCCC2)n1)N(C)c1ccccc1. The summed E-state index contributed by atoms with van der Waals surface area (Å²) in [6.07, 6.45) is 3.44. The molecule has 0 bridgehead atoms. The highest BCUT2D eigenvalue weighted by Crippen LogP contribution is 2.18. The highest BCUT2D eigenvalue weighted by atomic mass is 16.5. The van der Waals surface area contributed by atoms with Gasteiger partial charge in [-0.1, -0.05) is 29.9 Å². The van der Waals surface area contributed by atoms with Gasteiger partial charge in [0.25, 0.3) is 0 Å². The number of anilines is 2. The minimum atomic E-state index is -0.0374. The lowest BCUT2D eigenvalue weighted by molar-refractivity contribution is 0.400. The molecule has 142 valence electrons. The van der Waals surface area contributed by atoms with Crippen molar-refractivity contribution in [2.75, 3.05) is 29.9 Å². The molecule has 9 heteroatoms. The lowest BCUT2D eigenvalue weighted by atomic mass is 10.1. The molecule has 1 aromatic carbocycles. The lowest BCUT2D eigenvalue weighted by Crippen LogP contribution is -2.29. The van der Waals surface area contributed by atoms with Crippen molar-refractivity contribution >= 4 is 23.5 Å². The Bertz CT molecular complexity index is 836. The zero-order valence-electron chi connectivity index (χ0n) is 15.4. The van der Waals surface area contributed by atoms with Crippen molar-refractivity contribution in [1.82, 2.24) is 10.1 Å². The first-order chi connectivity index (χ1) is 13.0. The van der Waals surface area contributed by atoms with E-state index in [4.69, 9.17) is 16.0 Å². The van der Waals surface area contributed by atoms with E-state index in [-0.39, 0.29) is 17.6 Å². The molecule has 4 N–H and O–H groups in total. The van der Waals surface area contributed by atoms with Gasteiger partial charge in [-0.2, -0.15) is 15.0 Å². The van der Waals surface area contributed by atoms with Crippen LogP contribution in [0.2, 0.25) is 0 Å². The monoisotopic (exact) mass is 368 g/mol. The summed E-state index contributed by atoms with van der Waals surface area (Å²) < 4.78 is 5.28. The molecule has 0 aliphatic carbocycles. The summed E-state index contributed by atoms with van der Waals surface area (Å²) in [7, 11) is 1.84. The number of para-hydroxylation sites is 1. The van der Waals surface area contributed by atoms with Crippen molar-refractivity contribution in [2.45, 2.75) is 19.3 Å². The van der Waals surface area contributed by atoms with Crippen LogP contribution in [0.5, 0.6) is 0 Å². The smallest absolute Gasteiger partial charge is 0.324 e. The summed E-state index contributed by atoms with van der Waals surface area (Å²) >= 11 is 0. The topological polar surface area (TPSA) is 122 Å². The fraction of sp³-hybridized carbons (Fsp3) is 0.333. The zero-order chi connectivity index (χ0) is 19.2. The molecule has 1 aliphatic rings. The number of hydrogen-bond donors (Lipinski definition) is 2. The second-order valence-corrected chi connectivity index (χ2v) is 6.23. The van der Waals surface area contributed by atoms with E-state index in [0.29, 0.717) is 11.8 Å². The number of amidine groups is 1. The molecular weight excluding hydrogens is 344 g/mol. The Labute approximate surface area is 158 Å². The van der Waals surface area contributed by atoms with Crippen LogP contribution in [0.4, 0.5) is 11.7 Å². The number of nitrogens with two attached hydrogens (primary N) is 2. The standard InChI is InChI=1S/C18H24N8O/c1-13(25(2)14-9-5-3-6-10-14)21-17(20)22-15(19)16-23-18(27-24-16)26-11-7-4-8-12-26/h3,5-6,9-10H,1,4,7-8,11-12H2,2H3,(H4,19,20,21,22). The van der Waals surface area contributed by atoms with E-state index in [0.717, 1.165) is 31.6 Å². The zero-order valence-corrected chi connectivity index (χ0v) is 15.4. The highest BCUT2D eigenvalue weighted by molar-refractivity contribution is 6.02. The first-order valence-corrected chi connectivity index (χ1v) is 8.79. The molecular formula is C18H24N8O. The Kier molecular flexibility index (Phi) is 5.70. The van der Waals surface area contributed by atoms with Crippen molar-refractivity contribution in [3.63, 3.8) is 0 Å². The molecule has 0 unspecified atom stereocenters. The van der Waals surface area contributed by atoms with Gasteiger partial charge in [-0.05, 0) is 31.4 Å². The summed E-state index contributed by atoms with van der Waals surface area (Å²) in [6, 6.07) is 10.1. The number of hydrogen-bond acceptors (Lipinski definition) is 6. The van der Waals surface area contributed by atoms with Gasteiger partial charge >= 0.3 is 6.01 Å². The molecule has 2 aromatic rings. The molecule has 1 fully saturated rings. The van der Waals surface area contributed by atoms with Gasteiger partial charge in [0.2, 0.25) is 11.8 Å². The Morgan fingerprint density at radius 1 is 1.15 bits per heavy atom. The van der Waals surface area contributed by atoms with Crippen LogP contribution in [0, 0.1) is 0 Å². The molecule has 0 saturated carbocycles. The molecule has 3 rings (SSSR count). The Hall–Kier alpha value is -3.36. The molecule has 0 radical (unpaired) electrons. The van der Waals surface area contributed by atoms with Gasteiger partial charge in [0.15, 0.2) is 5.84 Å². The van der Waals surface area contributed by atoms with Crippen LogP contribution in [0.15, 0.2) is 57.2 Å². The molecule has 0 atom stereocenters. The Morgan fingerprint density at radius 2 is 1.85 bits per heavy atom. The molecule has 0 amide bonds. The van der Waals surface area contributed by atoms with Crippen LogP contribution in [0.25, 0.3) is 0 Å². The van der Waals surface area contributed by atoms with E-state index in [9.17, 15) is 0 Å². The number of guanidine groups is 1. The number of rotatable bonds is 5. The number of nitrogens with zero attached hydrogens (tertiary/aromatic N) is 6. The van der Waals surface area contributed by atoms with Gasteiger partial charge in [-0.15, -0.1) is 0 Å². The van der Waals surface area contributed by atoms with Crippen LogP contribution in [-0.2, 0) is 0 Å². The first kappa shape index (κ1) is 18.4. The molecule has 0 spiro atoms. The van der Waals surface area contributed by atoms with Gasteiger partial charge in [0.1, 0.15) is 5.82 Å². The maximum atomic E-state index is 5.94. The summed E-state index contributed by atoms with van der Waals surface area (Å²) in [6.45, 7) is 5.70. The van der Waals surface area contributed by atoms with Crippen LogP contribution in [-0.4, -0.2) is 42.1 Å². The summed E-state index contributed by atoms with van der Waals surface area (Å²) in [5, 5.41) is 3.88. The van der Waals surface area contributed by atoms with E-state index in [1.807, 2.05) is 42.3 Å². The minimum Gasteiger partial charge on any atom is -0.380 e. The molecule has 2 heterocycles. The first-order valence-electron chi connectivity index (χ1n) is 8.79. The predicted octanol–water partition coefficient (Wildman–Crippen LogP) is 1.69. The van der Waals surface area contributed by atoms with Crippen LogP contribution >= 0.6 is 0 Å². The van der Waals surface area contributed by atoms with Crippen molar-refractivity contribution in [3.8, 4) is 0 Å². The van der Waals surface area contributed by atoms with Crippen LogP contribution in [0.1, 0.15) is 25.1 Å². The third-order valence-electron chi connectivity index (χ3n) is 4.28. The lowest BCUT2D eigenvalue weighted by Gasteiger charge is -2.23. The average molecular weight is 368 g/mol. The van der Waals surface area contributed by atoms with E-state index in [1.54, 1.807) is 4.90 Å². The van der Waals surface area contributed by atoms with E-state index >= 15 is 0 Å². The van der Waals surface area contributed by atoms with Crippen molar-refractivity contribution in [3.05, 3.63) is 48.6 Å². The van der Waals surface area contributed by atoms with Crippen LogP contribution < -0.4 is 21.3 Å². The van der Waals surface area contributed by atoms with Gasteiger partial charge in [0.05, 0.1) is 0 Å². The van der Waals surface area contributed by atoms with E-state index < -0.39 is 0 Å². The molecule has 27 heavy (non-hydrogen) atoms. The maximum absolute atomic E-state index is 5.94. The largest absolute Gasteiger partial charge is 0.380 e. The van der Waals surface area contributed by atoms with Crippen molar-refractivity contribution in [1.29, 1.82) is 0 Å². The third-order valence-corrected chi connectivity index (χ3v) is 4.28. The number of aliphatic imine (C=N–C) groups is 2. The second-order valence-electron chi connectivity index (χ2n) is 6.23. The van der Waals surface area contributed by atoms with Crippen molar-refractivity contribution < 1.29 is 4.52 Å². The summed E-state index contributed by atoms with van der Waals surface area (Å²) in [5.41, 5.74) is 12.8. The van der Waals surface area contributed by atoms with Gasteiger partial charge in [-0.25, -0.2) is 0 Å². The quantitative estimate of drug-likeness (QED) is 0.608. The highest BCUT2D eigenvalue weighted by Gasteiger charge is 2.18. The Balaban J connectivity index is 1.68. The van der Waals surface area contributed by atoms with Crippen molar-refractivity contribution in [2.24, 2.45) is 21.5 Å². The average Bonchev–Trinajstić information content (AvgIpc) is 3.19. The fourth-order valence-electron chi connectivity index (χ4n) is 2.74. The molecule has 1 aromatic heterocycles. The molecule has 1 aliphatic heterocycles. The third kappa shape index (κ3) is 4.63. The maximum Gasteiger partial charge on any atom is 0.324 e. The Morgan fingerprint density at radius 3 is 2.56 bits per heavy atom. The number of piperidine rings is 1.